The summed E-state index contributed by atoms with van der Waals surface area (Å²) in [5.74, 6) is 0.203. The van der Waals surface area contributed by atoms with Crippen molar-refractivity contribution in [1.82, 2.24) is 20.8 Å². The Morgan fingerprint density at radius 1 is 1.42 bits per heavy atom. The number of rotatable bonds is 2. The summed E-state index contributed by atoms with van der Waals surface area (Å²) in [5, 5.41) is 10.3. The molecular weight excluding hydrogens is 372 g/mol. The monoisotopic (exact) mass is 392 g/mol. The maximum atomic E-state index is 12.5. The van der Waals surface area contributed by atoms with E-state index < -0.39 is 0 Å². The minimum absolute atomic E-state index is 0.00999. The number of amides is 1. The zero-order valence-corrected chi connectivity index (χ0v) is 15.6. The highest BCUT2D eigenvalue weighted by molar-refractivity contribution is 9.10. The van der Waals surface area contributed by atoms with Crippen LogP contribution in [0.15, 0.2) is 27.2 Å². The van der Waals surface area contributed by atoms with Crippen molar-refractivity contribution in [1.29, 1.82) is 0 Å². The average molecular weight is 393 g/mol. The predicted molar refractivity (Wildman–Crippen MR) is 93.7 cm³/mol. The highest BCUT2D eigenvalue weighted by Gasteiger charge is 2.26. The van der Waals surface area contributed by atoms with E-state index in [9.17, 15) is 4.79 Å². The molecule has 0 spiro atoms. The summed E-state index contributed by atoms with van der Waals surface area (Å²) in [5.41, 5.74) is 2.04. The lowest BCUT2D eigenvalue weighted by Crippen LogP contribution is -2.30. The lowest BCUT2D eigenvalue weighted by molar-refractivity contribution is 0.0890. The van der Waals surface area contributed by atoms with Gasteiger partial charge in [0.2, 0.25) is 0 Å². The van der Waals surface area contributed by atoms with Crippen molar-refractivity contribution in [2.75, 3.05) is 6.54 Å². The first-order chi connectivity index (χ1) is 11.3. The second-order valence-electron chi connectivity index (χ2n) is 7.01. The molecule has 1 aliphatic heterocycles. The van der Waals surface area contributed by atoms with Gasteiger partial charge in [0.1, 0.15) is 0 Å². The maximum Gasteiger partial charge on any atom is 0.315 e. The number of benzene rings is 1. The van der Waals surface area contributed by atoms with Crippen LogP contribution in [0.1, 0.15) is 60.9 Å². The van der Waals surface area contributed by atoms with Crippen LogP contribution in [0.4, 0.5) is 0 Å². The van der Waals surface area contributed by atoms with Crippen LogP contribution in [0.3, 0.4) is 0 Å². The van der Waals surface area contributed by atoms with Gasteiger partial charge in [-0.1, -0.05) is 47.9 Å². The van der Waals surface area contributed by atoms with Gasteiger partial charge in [0.05, 0.1) is 6.04 Å². The van der Waals surface area contributed by atoms with E-state index >= 15 is 0 Å². The van der Waals surface area contributed by atoms with Crippen LogP contribution >= 0.6 is 15.9 Å². The van der Waals surface area contributed by atoms with Gasteiger partial charge in [-0.25, -0.2) is 0 Å². The van der Waals surface area contributed by atoms with E-state index in [1.165, 1.54) is 5.56 Å². The zero-order chi connectivity index (χ0) is 17.3. The summed E-state index contributed by atoms with van der Waals surface area (Å²) in [6, 6.07) is 6.04. The fourth-order valence-electron chi connectivity index (χ4n) is 2.68. The Morgan fingerprint density at radius 3 is 2.92 bits per heavy atom. The second-order valence-corrected chi connectivity index (χ2v) is 7.92. The molecule has 128 valence electrons. The van der Waals surface area contributed by atoms with Gasteiger partial charge in [-0.05, 0) is 36.2 Å². The molecular formula is C17H21BrN4O2. The van der Waals surface area contributed by atoms with Crippen molar-refractivity contribution in [3.8, 4) is 0 Å². The third kappa shape index (κ3) is 3.67. The number of aromatic nitrogens is 2. The molecule has 0 saturated heterocycles. The van der Waals surface area contributed by atoms with E-state index in [4.69, 9.17) is 4.52 Å². The standard InChI is InChI=1S/C17H21BrN4O2/c1-17(2,3)16-21-15(24-22-16)14(23)20-13-6-7-19-9-10-8-11(18)4-5-12(10)13/h4-5,8,13,19H,6-7,9H2,1-3H3,(H,20,23)/t13-/m1/s1. The van der Waals surface area contributed by atoms with Gasteiger partial charge >= 0.3 is 11.8 Å². The molecule has 1 aromatic carbocycles. The van der Waals surface area contributed by atoms with E-state index in [-0.39, 0.29) is 23.3 Å². The molecule has 0 fully saturated rings. The zero-order valence-electron chi connectivity index (χ0n) is 14.0. The quantitative estimate of drug-likeness (QED) is 0.820. The molecule has 0 aliphatic carbocycles. The fourth-order valence-corrected chi connectivity index (χ4v) is 3.09. The van der Waals surface area contributed by atoms with Gasteiger partial charge in [0.15, 0.2) is 5.82 Å². The minimum Gasteiger partial charge on any atom is -0.341 e. The third-order valence-corrected chi connectivity index (χ3v) is 4.50. The van der Waals surface area contributed by atoms with E-state index in [0.29, 0.717) is 5.82 Å². The summed E-state index contributed by atoms with van der Waals surface area (Å²) in [6.07, 6.45) is 0.806. The number of hydrogen-bond donors (Lipinski definition) is 2. The minimum atomic E-state index is -0.334. The van der Waals surface area contributed by atoms with Gasteiger partial charge in [0, 0.05) is 16.4 Å². The normalized spacial score (nSPS) is 17.9. The highest BCUT2D eigenvalue weighted by Crippen LogP contribution is 2.27. The maximum absolute atomic E-state index is 12.5. The van der Waals surface area contributed by atoms with Crippen LogP contribution in [-0.4, -0.2) is 22.6 Å². The lowest BCUT2D eigenvalue weighted by Gasteiger charge is -2.18. The molecule has 1 aromatic heterocycles. The summed E-state index contributed by atoms with van der Waals surface area (Å²) in [4.78, 5) is 16.7. The van der Waals surface area contributed by atoms with Gasteiger partial charge < -0.3 is 15.2 Å². The van der Waals surface area contributed by atoms with Crippen LogP contribution in [-0.2, 0) is 12.0 Å². The van der Waals surface area contributed by atoms with Gasteiger partial charge in [-0.15, -0.1) is 0 Å². The van der Waals surface area contributed by atoms with Crippen molar-refractivity contribution in [2.45, 2.75) is 45.2 Å². The van der Waals surface area contributed by atoms with Crippen LogP contribution in [0.25, 0.3) is 0 Å². The van der Waals surface area contributed by atoms with Crippen molar-refractivity contribution < 1.29 is 9.32 Å². The Hall–Kier alpha value is -1.73. The Kier molecular flexibility index (Phi) is 4.73. The number of carbonyl (C=O) groups excluding carboxylic acids is 1. The molecule has 0 bridgehead atoms. The average Bonchev–Trinajstić information content (AvgIpc) is 2.93. The first kappa shape index (κ1) is 17.1. The van der Waals surface area contributed by atoms with E-state index in [1.807, 2.05) is 32.9 Å². The predicted octanol–water partition coefficient (Wildman–Crippen LogP) is 3.09. The van der Waals surface area contributed by atoms with Crippen LogP contribution in [0.2, 0.25) is 0 Å². The van der Waals surface area contributed by atoms with Gasteiger partial charge in [0.25, 0.3) is 0 Å². The highest BCUT2D eigenvalue weighted by atomic mass is 79.9. The molecule has 0 radical (unpaired) electrons. The Morgan fingerprint density at radius 2 is 2.21 bits per heavy atom. The van der Waals surface area contributed by atoms with Crippen LogP contribution < -0.4 is 10.6 Å². The number of carbonyl (C=O) groups is 1. The van der Waals surface area contributed by atoms with Gasteiger partial charge in [-0.2, -0.15) is 4.98 Å². The Labute approximate surface area is 149 Å². The van der Waals surface area contributed by atoms with E-state index in [0.717, 1.165) is 29.5 Å². The van der Waals surface area contributed by atoms with Crippen LogP contribution in [0.5, 0.6) is 0 Å². The largest absolute Gasteiger partial charge is 0.341 e. The molecule has 2 heterocycles. The molecule has 7 heteroatoms. The molecule has 1 amide bonds. The lowest BCUT2D eigenvalue weighted by atomic mass is 9.96. The Balaban J connectivity index is 1.81. The number of hydrogen-bond acceptors (Lipinski definition) is 5. The third-order valence-electron chi connectivity index (χ3n) is 4.00. The molecule has 0 unspecified atom stereocenters. The number of nitrogens with zero attached hydrogens (tertiary/aromatic N) is 2. The second kappa shape index (κ2) is 6.64. The SMILES string of the molecule is CC(C)(C)c1noc(C(=O)N[C@@H]2CCNCc3cc(Br)ccc32)n1. The summed E-state index contributed by atoms with van der Waals surface area (Å²) >= 11 is 3.50. The van der Waals surface area contributed by atoms with Crippen LogP contribution in [0, 0.1) is 0 Å². The first-order valence-corrected chi connectivity index (χ1v) is 8.78. The fraction of sp³-hybridized carbons (Fsp3) is 0.471. The molecule has 1 aliphatic rings. The van der Waals surface area contributed by atoms with Crippen molar-refractivity contribution in [3.05, 3.63) is 45.5 Å². The number of halogens is 1. The molecule has 1 atom stereocenters. The van der Waals surface area contributed by atoms with Crippen molar-refractivity contribution >= 4 is 21.8 Å². The molecule has 2 aromatic rings. The summed E-state index contributed by atoms with van der Waals surface area (Å²) in [7, 11) is 0. The smallest absolute Gasteiger partial charge is 0.315 e. The molecule has 3 rings (SSSR count). The van der Waals surface area contributed by atoms with Crippen molar-refractivity contribution in [3.63, 3.8) is 0 Å². The first-order valence-electron chi connectivity index (χ1n) is 7.98. The molecule has 6 nitrogen and oxygen atoms in total. The topological polar surface area (TPSA) is 80.0 Å². The van der Waals surface area contributed by atoms with Gasteiger partial charge in [-0.3, -0.25) is 4.79 Å². The molecule has 2 N–H and O–H groups in total. The Bertz CT molecular complexity index is 751. The summed E-state index contributed by atoms with van der Waals surface area (Å²) < 4.78 is 6.17. The van der Waals surface area contributed by atoms with E-state index in [2.05, 4.69) is 42.8 Å². The van der Waals surface area contributed by atoms with E-state index in [1.54, 1.807) is 0 Å². The van der Waals surface area contributed by atoms with Crippen molar-refractivity contribution in [2.24, 2.45) is 0 Å². The number of fused-ring (bicyclic) bond motifs is 1. The molecule has 24 heavy (non-hydrogen) atoms. The number of nitrogens with one attached hydrogen (secondary N) is 2. The molecule has 0 saturated carbocycles. The summed E-state index contributed by atoms with van der Waals surface area (Å²) in [6.45, 7) is 7.55.